The van der Waals surface area contributed by atoms with Crippen molar-refractivity contribution in [3.05, 3.63) is 35.4 Å². The van der Waals surface area contributed by atoms with Crippen molar-refractivity contribution in [1.82, 2.24) is 4.90 Å². The fourth-order valence-electron chi connectivity index (χ4n) is 4.59. The number of benzene rings is 1. The quantitative estimate of drug-likeness (QED) is 0.784. The molecule has 0 unspecified atom stereocenters. The molecule has 2 heterocycles. The number of hydrogen-bond acceptors (Lipinski definition) is 3. The van der Waals surface area contributed by atoms with Crippen LogP contribution in [-0.2, 0) is 14.3 Å². The fourth-order valence-corrected chi connectivity index (χ4v) is 4.59. The SMILES string of the molecule is Cc1ccc(C2CCN(C(=O)C3CC4(COC(=O)C4)C3)CC2)cc1. The number of likely N-dealkylation sites (tertiary alicyclic amines) is 1. The van der Waals surface area contributed by atoms with Gasteiger partial charge in [0.05, 0.1) is 13.0 Å². The zero-order chi connectivity index (χ0) is 16.7. The van der Waals surface area contributed by atoms with Gasteiger partial charge in [-0.1, -0.05) is 29.8 Å². The minimum Gasteiger partial charge on any atom is -0.465 e. The second-order valence-electron chi connectivity index (χ2n) is 7.95. The highest BCUT2D eigenvalue weighted by molar-refractivity contribution is 5.81. The van der Waals surface area contributed by atoms with Gasteiger partial charge in [0.15, 0.2) is 0 Å². The van der Waals surface area contributed by atoms with Crippen LogP contribution in [0.15, 0.2) is 24.3 Å². The van der Waals surface area contributed by atoms with Crippen molar-refractivity contribution in [3.63, 3.8) is 0 Å². The molecule has 2 saturated heterocycles. The van der Waals surface area contributed by atoms with Crippen molar-refractivity contribution in [3.8, 4) is 0 Å². The summed E-state index contributed by atoms with van der Waals surface area (Å²) in [6, 6.07) is 8.80. The minimum absolute atomic E-state index is 0.0162. The third-order valence-electron chi connectivity index (χ3n) is 6.12. The highest BCUT2D eigenvalue weighted by atomic mass is 16.5. The molecular formula is C20H25NO3. The van der Waals surface area contributed by atoms with E-state index in [1.165, 1.54) is 11.1 Å². The van der Waals surface area contributed by atoms with Gasteiger partial charge in [-0.25, -0.2) is 0 Å². The van der Waals surface area contributed by atoms with E-state index >= 15 is 0 Å². The van der Waals surface area contributed by atoms with E-state index in [-0.39, 0.29) is 17.3 Å². The largest absolute Gasteiger partial charge is 0.465 e. The Hall–Kier alpha value is -1.84. The maximum Gasteiger partial charge on any atom is 0.306 e. The van der Waals surface area contributed by atoms with Gasteiger partial charge in [0.2, 0.25) is 5.91 Å². The summed E-state index contributed by atoms with van der Waals surface area (Å²) in [6.07, 6.45) is 4.26. The van der Waals surface area contributed by atoms with Gasteiger partial charge in [-0.3, -0.25) is 9.59 Å². The third kappa shape index (κ3) is 2.83. The Kier molecular flexibility index (Phi) is 3.86. The second-order valence-corrected chi connectivity index (χ2v) is 7.95. The molecule has 4 heteroatoms. The van der Waals surface area contributed by atoms with Crippen molar-refractivity contribution in [2.75, 3.05) is 19.7 Å². The highest BCUT2D eigenvalue weighted by Gasteiger charge is 2.53. The Morgan fingerprint density at radius 3 is 2.42 bits per heavy atom. The molecule has 128 valence electrons. The van der Waals surface area contributed by atoms with Crippen molar-refractivity contribution >= 4 is 11.9 Å². The first kappa shape index (κ1) is 15.7. The molecule has 0 radical (unpaired) electrons. The lowest BCUT2D eigenvalue weighted by Gasteiger charge is -2.45. The Morgan fingerprint density at radius 2 is 1.83 bits per heavy atom. The van der Waals surface area contributed by atoms with Crippen LogP contribution in [-0.4, -0.2) is 36.5 Å². The molecule has 0 N–H and O–H groups in total. The molecule has 1 aromatic rings. The van der Waals surface area contributed by atoms with Crippen molar-refractivity contribution in [1.29, 1.82) is 0 Å². The van der Waals surface area contributed by atoms with Crippen LogP contribution in [0.4, 0.5) is 0 Å². The van der Waals surface area contributed by atoms with Gasteiger partial charge in [-0.15, -0.1) is 0 Å². The van der Waals surface area contributed by atoms with Gasteiger partial charge in [-0.05, 0) is 44.1 Å². The lowest BCUT2D eigenvalue weighted by Crippen LogP contribution is -2.49. The molecule has 0 aromatic heterocycles. The first-order valence-corrected chi connectivity index (χ1v) is 9.06. The predicted molar refractivity (Wildman–Crippen MR) is 90.5 cm³/mol. The molecule has 1 aromatic carbocycles. The number of rotatable bonds is 2. The van der Waals surface area contributed by atoms with E-state index < -0.39 is 0 Å². The summed E-state index contributed by atoms with van der Waals surface area (Å²) in [5.41, 5.74) is 2.68. The Balaban J connectivity index is 1.29. The van der Waals surface area contributed by atoms with Crippen molar-refractivity contribution < 1.29 is 14.3 Å². The lowest BCUT2D eigenvalue weighted by molar-refractivity contribution is -0.144. The average molecular weight is 327 g/mol. The standard InChI is InChI=1S/C20H25NO3/c1-14-2-4-15(5-3-14)16-6-8-21(9-7-16)19(23)17-10-20(11-17)12-18(22)24-13-20/h2-5,16-17H,6-13H2,1H3. The van der Waals surface area contributed by atoms with E-state index in [9.17, 15) is 9.59 Å². The number of esters is 1. The Morgan fingerprint density at radius 1 is 1.17 bits per heavy atom. The van der Waals surface area contributed by atoms with Crippen LogP contribution in [0.5, 0.6) is 0 Å². The molecule has 1 aliphatic carbocycles. The van der Waals surface area contributed by atoms with Gasteiger partial charge >= 0.3 is 5.97 Å². The van der Waals surface area contributed by atoms with Gasteiger partial charge in [0, 0.05) is 24.4 Å². The van der Waals surface area contributed by atoms with E-state index in [1.54, 1.807) is 0 Å². The maximum absolute atomic E-state index is 12.7. The van der Waals surface area contributed by atoms with Crippen molar-refractivity contribution in [2.24, 2.45) is 11.3 Å². The molecule has 4 rings (SSSR count). The first-order chi connectivity index (χ1) is 11.5. The first-order valence-electron chi connectivity index (χ1n) is 9.06. The van der Waals surface area contributed by atoms with Crippen LogP contribution in [0, 0.1) is 18.3 Å². The van der Waals surface area contributed by atoms with Gasteiger partial charge in [0.1, 0.15) is 0 Å². The number of ether oxygens (including phenoxy) is 1. The molecule has 1 saturated carbocycles. The van der Waals surface area contributed by atoms with E-state index in [0.29, 0.717) is 24.9 Å². The van der Waals surface area contributed by atoms with Crippen molar-refractivity contribution in [2.45, 2.75) is 44.9 Å². The number of amides is 1. The number of piperidine rings is 1. The number of nitrogens with zero attached hydrogens (tertiary/aromatic N) is 1. The smallest absolute Gasteiger partial charge is 0.306 e. The lowest BCUT2D eigenvalue weighted by atomic mass is 9.61. The maximum atomic E-state index is 12.7. The molecule has 1 spiro atoms. The van der Waals surface area contributed by atoms with E-state index in [1.807, 2.05) is 4.90 Å². The molecule has 2 aliphatic heterocycles. The average Bonchev–Trinajstić information content (AvgIpc) is 2.96. The summed E-state index contributed by atoms with van der Waals surface area (Å²) in [7, 11) is 0. The summed E-state index contributed by atoms with van der Waals surface area (Å²) in [5, 5.41) is 0. The van der Waals surface area contributed by atoms with Gasteiger partial charge in [0.25, 0.3) is 0 Å². The third-order valence-corrected chi connectivity index (χ3v) is 6.12. The van der Waals surface area contributed by atoms with Crippen LogP contribution >= 0.6 is 0 Å². The number of hydrogen-bond donors (Lipinski definition) is 0. The normalized spacial score (nSPS) is 30.3. The summed E-state index contributed by atoms with van der Waals surface area (Å²) in [6.45, 7) is 4.34. The summed E-state index contributed by atoms with van der Waals surface area (Å²) >= 11 is 0. The molecule has 4 nitrogen and oxygen atoms in total. The minimum atomic E-state index is -0.0974. The van der Waals surface area contributed by atoms with Crippen LogP contribution < -0.4 is 0 Å². The van der Waals surface area contributed by atoms with E-state index in [2.05, 4.69) is 31.2 Å². The Bertz CT molecular complexity index is 637. The van der Waals surface area contributed by atoms with E-state index in [4.69, 9.17) is 4.74 Å². The number of carbonyl (C=O) groups is 2. The Labute approximate surface area is 143 Å². The van der Waals surface area contributed by atoms with Gasteiger partial charge in [-0.2, -0.15) is 0 Å². The molecule has 3 aliphatic rings. The zero-order valence-corrected chi connectivity index (χ0v) is 14.3. The summed E-state index contributed by atoms with van der Waals surface area (Å²) < 4.78 is 5.09. The fraction of sp³-hybridized carbons (Fsp3) is 0.600. The van der Waals surface area contributed by atoms with Gasteiger partial charge < -0.3 is 9.64 Å². The zero-order valence-electron chi connectivity index (χ0n) is 14.3. The molecular weight excluding hydrogens is 302 g/mol. The van der Waals surface area contributed by atoms with Crippen LogP contribution in [0.1, 0.15) is 49.1 Å². The molecule has 0 bridgehead atoms. The van der Waals surface area contributed by atoms with Crippen LogP contribution in [0.3, 0.4) is 0 Å². The summed E-state index contributed by atoms with van der Waals surface area (Å²) in [5.74, 6) is 0.876. The molecule has 1 amide bonds. The molecule has 3 fully saturated rings. The molecule has 24 heavy (non-hydrogen) atoms. The monoisotopic (exact) mass is 327 g/mol. The highest BCUT2D eigenvalue weighted by Crippen LogP contribution is 2.52. The molecule has 0 atom stereocenters. The van der Waals surface area contributed by atoms with Crippen LogP contribution in [0.25, 0.3) is 0 Å². The summed E-state index contributed by atoms with van der Waals surface area (Å²) in [4.78, 5) is 26.0. The number of cyclic esters (lactones) is 1. The van der Waals surface area contributed by atoms with Crippen LogP contribution in [0.2, 0.25) is 0 Å². The number of carbonyl (C=O) groups excluding carboxylic acids is 2. The predicted octanol–water partition coefficient (Wildman–Crippen LogP) is 3.04. The topological polar surface area (TPSA) is 46.6 Å². The van der Waals surface area contributed by atoms with E-state index in [0.717, 1.165) is 38.8 Å². The number of aryl methyl sites for hydroxylation is 1. The second kappa shape index (κ2) is 5.91.